The average molecular weight is 150 g/mol. The van der Waals surface area contributed by atoms with Gasteiger partial charge in [0.1, 0.15) is 0 Å². The lowest BCUT2D eigenvalue weighted by molar-refractivity contribution is 0.500. The SMILES string of the molecule is CCC(CC)NCCCl. The van der Waals surface area contributed by atoms with E-state index in [1.807, 2.05) is 0 Å². The van der Waals surface area contributed by atoms with Crippen molar-refractivity contribution in [3.05, 3.63) is 0 Å². The third-order valence-electron chi connectivity index (χ3n) is 1.51. The van der Waals surface area contributed by atoms with Crippen LogP contribution in [-0.4, -0.2) is 18.5 Å². The molecule has 0 saturated heterocycles. The van der Waals surface area contributed by atoms with Crippen LogP contribution in [0.3, 0.4) is 0 Å². The third kappa shape index (κ3) is 4.73. The number of halogens is 1. The maximum absolute atomic E-state index is 5.50. The molecule has 0 amide bonds. The highest BCUT2D eigenvalue weighted by Crippen LogP contribution is 1.94. The molecule has 0 atom stereocenters. The van der Waals surface area contributed by atoms with Crippen molar-refractivity contribution in [2.24, 2.45) is 0 Å². The zero-order valence-electron chi connectivity index (χ0n) is 6.28. The van der Waals surface area contributed by atoms with Crippen LogP contribution in [0.1, 0.15) is 26.7 Å². The molecule has 0 aliphatic carbocycles. The van der Waals surface area contributed by atoms with E-state index < -0.39 is 0 Å². The van der Waals surface area contributed by atoms with Gasteiger partial charge in [0.2, 0.25) is 0 Å². The number of nitrogens with one attached hydrogen (secondary N) is 1. The summed E-state index contributed by atoms with van der Waals surface area (Å²) >= 11 is 5.50. The van der Waals surface area contributed by atoms with Crippen molar-refractivity contribution in [3.63, 3.8) is 0 Å². The molecule has 1 N–H and O–H groups in total. The standard InChI is InChI=1S/C7H16ClN/c1-3-7(4-2)9-6-5-8/h7,9H,3-6H2,1-2H3. The molecule has 0 heterocycles. The molecule has 1 nitrogen and oxygen atoms in total. The maximum Gasteiger partial charge on any atom is 0.0348 e. The minimum Gasteiger partial charge on any atom is -0.313 e. The molecule has 0 aromatic carbocycles. The van der Waals surface area contributed by atoms with Crippen LogP contribution in [-0.2, 0) is 0 Å². The Hall–Kier alpha value is 0.250. The van der Waals surface area contributed by atoms with Gasteiger partial charge in [-0.05, 0) is 12.8 Å². The largest absolute Gasteiger partial charge is 0.313 e. The Labute approximate surface area is 62.8 Å². The third-order valence-corrected chi connectivity index (χ3v) is 1.70. The molecule has 0 fully saturated rings. The van der Waals surface area contributed by atoms with Gasteiger partial charge >= 0.3 is 0 Å². The highest BCUT2D eigenvalue weighted by molar-refractivity contribution is 6.18. The van der Waals surface area contributed by atoms with Crippen LogP contribution in [0, 0.1) is 0 Å². The summed E-state index contributed by atoms with van der Waals surface area (Å²) in [5, 5.41) is 3.34. The molecule has 0 radical (unpaired) electrons. The van der Waals surface area contributed by atoms with Crippen LogP contribution in [0.4, 0.5) is 0 Å². The van der Waals surface area contributed by atoms with Crippen molar-refractivity contribution in [2.45, 2.75) is 32.7 Å². The first kappa shape index (κ1) is 9.25. The summed E-state index contributed by atoms with van der Waals surface area (Å²) in [6, 6.07) is 0.670. The average Bonchev–Trinajstić information content (AvgIpc) is 1.91. The van der Waals surface area contributed by atoms with E-state index in [0.29, 0.717) is 6.04 Å². The minimum atomic E-state index is 0.670. The summed E-state index contributed by atoms with van der Waals surface area (Å²) in [4.78, 5) is 0. The van der Waals surface area contributed by atoms with Crippen LogP contribution in [0.2, 0.25) is 0 Å². The molecule has 0 aliphatic rings. The second kappa shape index (κ2) is 6.37. The molecule has 0 aliphatic heterocycles. The van der Waals surface area contributed by atoms with E-state index in [4.69, 9.17) is 11.6 Å². The summed E-state index contributed by atoms with van der Waals surface area (Å²) in [5.41, 5.74) is 0. The van der Waals surface area contributed by atoms with Crippen LogP contribution in [0.15, 0.2) is 0 Å². The molecule has 56 valence electrons. The summed E-state index contributed by atoms with van der Waals surface area (Å²) in [5.74, 6) is 0.719. The van der Waals surface area contributed by atoms with Crippen LogP contribution < -0.4 is 5.32 Å². The zero-order valence-corrected chi connectivity index (χ0v) is 7.04. The maximum atomic E-state index is 5.50. The number of hydrogen-bond acceptors (Lipinski definition) is 1. The van der Waals surface area contributed by atoms with Gasteiger partial charge in [0.25, 0.3) is 0 Å². The Balaban J connectivity index is 3.09. The normalized spacial score (nSPS) is 10.7. The molecule has 0 aromatic rings. The quantitative estimate of drug-likeness (QED) is 0.590. The molecule has 2 heteroatoms. The number of hydrogen-bond donors (Lipinski definition) is 1. The first-order valence-electron chi connectivity index (χ1n) is 3.64. The molecule has 0 rings (SSSR count). The first-order chi connectivity index (χ1) is 4.35. The van der Waals surface area contributed by atoms with E-state index in [2.05, 4.69) is 19.2 Å². The van der Waals surface area contributed by atoms with Crippen LogP contribution >= 0.6 is 11.6 Å². The van der Waals surface area contributed by atoms with Gasteiger partial charge in [-0.3, -0.25) is 0 Å². The van der Waals surface area contributed by atoms with Crippen molar-refractivity contribution < 1.29 is 0 Å². The fourth-order valence-corrected chi connectivity index (χ4v) is 0.945. The molecule has 9 heavy (non-hydrogen) atoms. The first-order valence-corrected chi connectivity index (χ1v) is 4.17. The molecular formula is C7H16ClN. The van der Waals surface area contributed by atoms with Gasteiger partial charge in [0.05, 0.1) is 0 Å². The summed E-state index contributed by atoms with van der Waals surface area (Å²) < 4.78 is 0. The Morgan fingerprint density at radius 3 is 2.22 bits per heavy atom. The molecule has 0 aromatic heterocycles. The zero-order chi connectivity index (χ0) is 7.11. The second-order valence-corrected chi connectivity index (χ2v) is 2.53. The van der Waals surface area contributed by atoms with Crippen molar-refractivity contribution in [2.75, 3.05) is 12.4 Å². The molecule has 0 bridgehead atoms. The highest BCUT2D eigenvalue weighted by Gasteiger charge is 1.98. The lowest BCUT2D eigenvalue weighted by atomic mass is 10.2. The van der Waals surface area contributed by atoms with Gasteiger partial charge in [-0.2, -0.15) is 0 Å². The van der Waals surface area contributed by atoms with E-state index >= 15 is 0 Å². The Kier molecular flexibility index (Phi) is 6.55. The van der Waals surface area contributed by atoms with Crippen LogP contribution in [0.5, 0.6) is 0 Å². The van der Waals surface area contributed by atoms with Crippen molar-refractivity contribution in [3.8, 4) is 0 Å². The van der Waals surface area contributed by atoms with Gasteiger partial charge in [-0.1, -0.05) is 13.8 Å². The van der Waals surface area contributed by atoms with Gasteiger partial charge < -0.3 is 5.32 Å². The minimum absolute atomic E-state index is 0.670. The van der Waals surface area contributed by atoms with Crippen molar-refractivity contribution in [1.29, 1.82) is 0 Å². The summed E-state index contributed by atoms with van der Waals surface area (Å²) in [6.45, 7) is 5.32. The van der Waals surface area contributed by atoms with E-state index in [0.717, 1.165) is 12.4 Å². The predicted octanol–water partition coefficient (Wildman–Crippen LogP) is 2.00. The number of alkyl halides is 1. The number of rotatable bonds is 5. The second-order valence-electron chi connectivity index (χ2n) is 2.16. The van der Waals surface area contributed by atoms with Gasteiger partial charge in [0, 0.05) is 18.5 Å². The monoisotopic (exact) mass is 149 g/mol. The van der Waals surface area contributed by atoms with Crippen molar-refractivity contribution in [1.82, 2.24) is 5.32 Å². The topological polar surface area (TPSA) is 12.0 Å². The van der Waals surface area contributed by atoms with E-state index in [-0.39, 0.29) is 0 Å². The lowest BCUT2D eigenvalue weighted by Gasteiger charge is -2.12. The lowest BCUT2D eigenvalue weighted by Crippen LogP contribution is -2.29. The molecule has 0 saturated carbocycles. The van der Waals surface area contributed by atoms with E-state index in [1.54, 1.807) is 0 Å². The van der Waals surface area contributed by atoms with Gasteiger partial charge in [-0.15, -0.1) is 11.6 Å². The van der Waals surface area contributed by atoms with E-state index in [1.165, 1.54) is 12.8 Å². The Morgan fingerprint density at radius 1 is 1.33 bits per heavy atom. The highest BCUT2D eigenvalue weighted by atomic mass is 35.5. The fourth-order valence-electron chi connectivity index (χ4n) is 0.836. The fraction of sp³-hybridized carbons (Fsp3) is 1.00. The van der Waals surface area contributed by atoms with E-state index in [9.17, 15) is 0 Å². The Bertz CT molecular complexity index is 52.9. The van der Waals surface area contributed by atoms with Gasteiger partial charge in [-0.25, -0.2) is 0 Å². The molecule has 0 spiro atoms. The predicted molar refractivity (Wildman–Crippen MR) is 43.1 cm³/mol. The summed E-state index contributed by atoms with van der Waals surface area (Å²) in [6.07, 6.45) is 2.40. The van der Waals surface area contributed by atoms with Gasteiger partial charge in [0.15, 0.2) is 0 Å². The summed E-state index contributed by atoms with van der Waals surface area (Å²) in [7, 11) is 0. The van der Waals surface area contributed by atoms with Crippen molar-refractivity contribution >= 4 is 11.6 Å². The Morgan fingerprint density at radius 2 is 1.89 bits per heavy atom. The molecular weight excluding hydrogens is 134 g/mol. The molecule has 0 unspecified atom stereocenters. The van der Waals surface area contributed by atoms with Crippen LogP contribution in [0.25, 0.3) is 0 Å². The smallest absolute Gasteiger partial charge is 0.0348 e.